The van der Waals surface area contributed by atoms with Gasteiger partial charge in [0.2, 0.25) is 5.28 Å². The van der Waals surface area contributed by atoms with Crippen molar-refractivity contribution in [2.45, 2.75) is 0 Å². The van der Waals surface area contributed by atoms with Crippen LogP contribution in [0.15, 0.2) is 41.0 Å². The van der Waals surface area contributed by atoms with Crippen molar-refractivity contribution < 1.29 is 18.7 Å². The van der Waals surface area contributed by atoms with Crippen LogP contribution in [0.3, 0.4) is 0 Å². The predicted molar refractivity (Wildman–Crippen MR) is 90.0 cm³/mol. The van der Waals surface area contributed by atoms with E-state index in [1.54, 1.807) is 6.07 Å². The zero-order chi connectivity index (χ0) is 17.9. The molecule has 0 unspecified atom stereocenters. The highest BCUT2D eigenvalue weighted by atomic mass is 79.9. The number of para-hydroxylation sites is 1. The van der Waals surface area contributed by atoms with Gasteiger partial charge in [0.25, 0.3) is 0 Å². The summed E-state index contributed by atoms with van der Waals surface area (Å²) < 4.78 is 26.5. The molecule has 9 heteroatoms. The summed E-state index contributed by atoms with van der Waals surface area (Å²) in [5.41, 5.74) is 4.84. The molecule has 24 heavy (non-hydrogen) atoms. The molecule has 2 aromatic carbocycles. The Kier molecular flexibility index (Phi) is 5.63. The fraction of sp³-hybridized carbons (Fsp3) is 0. The highest BCUT2D eigenvalue weighted by Crippen LogP contribution is 2.21. The molecule has 5 nitrogen and oxygen atoms in total. The number of nitrogens with zero attached hydrogens (tertiary/aromatic N) is 2. The molecule has 0 spiro atoms. The summed E-state index contributed by atoms with van der Waals surface area (Å²) in [5, 5.41) is 9.11. The predicted octanol–water partition coefficient (Wildman–Crippen LogP) is 4.29. The Balaban J connectivity index is 0.000000177. The summed E-state index contributed by atoms with van der Waals surface area (Å²) in [6.45, 7) is 0. The maximum Gasteiger partial charge on any atom is 0.337 e. The zero-order valence-corrected chi connectivity index (χ0v) is 14.1. The lowest BCUT2D eigenvalue weighted by molar-refractivity contribution is 0.0697. The number of benzene rings is 2. The van der Waals surface area contributed by atoms with Crippen molar-refractivity contribution in [1.29, 1.82) is 0 Å². The third-order valence-electron chi connectivity index (χ3n) is 2.86. The Morgan fingerprint density at radius 1 is 1.25 bits per heavy atom. The third kappa shape index (κ3) is 4.15. The Morgan fingerprint density at radius 2 is 1.96 bits per heavy atom. The van der Waals surface area contributed by atoms with Crippen molar-refractivity contribution >= 4 is 50.1 Å². The van der Waals surface area contributed by atoms with E-state index in [2.05, 4.69) is 25.9 Å². The molecule has 0 amide bonds. The van der Waals surface area contributed by atoms with Crippen LogP contribution in [0.2, 0.25) is 5.28 Å². The van der Waals surface area contributed by atoms with Crippen LogP contribution in [0, 0.1) is 11.6 Å². The number of nitrogen functional groups attached to an aromatic ring is 1. The minimum absolute atomic E-state index is 0.0497. The van der Waals surface area contributed by atoms with E-state index < -0.39 is 17.6 Å². The van der Waals surface area contributed by atoms with Crippen LogP contribution in [-0.2, 0) is 0 Å². The molecule has 0 aliphatic rings. The number of aromatic nitrogens is 2. The largest absolute Gasteiger partial charge is 0.478 e. The number of anilines is 1. The van der Waals surface area contributed by atoms with Crippen molar-refractivity contribution in [1.82, 2.24) is 9.97 Å². The molecule has 0 atom stereocenters. The monoisotopic (exact) mass is 415 g/mol. The molecule has 0 bridgehead atoms. The Hall–Kier alpha value is -2.32. The fourth-order valence-electron chi connectivity index (χ4n) is 1.77. The number of hydrogen-bond acceptors (Lipinski definition) is 4. The molecule has 0 saturated heterocycles. The van der Waals surface area contributed by atoms with E-state index in [-0.39, 0.29) is 22.1 Å². The first-order valence-corrected chi connectivity index (χ1v) is 7.51. The summed E-state index contributed by atoms with van der Waals surface area (Å²) in [5.74, 6) is -2.33. The van der Waals surface area contributed by atoms with Gasteiger partial charge in [0.1, 0.15) is 11.3 Å². The van der Waals surface area contributed by atoms with Crippen LogP contribution < -0.4 is 5.73 Å². The van der Waals surface area contributed by atoms with Gasteiger partial charge in [-0.1, -0.05) is 22.0 Å². The lowest BCUT2D eigenvalue weighted by atomic mass is 10.2. The molecule has 0 fully saturated rings. The highest BCUT2D eigenvalue weighted by molar-refractivity contribution is 9.10. The van der Waals surface area contributed by atoms with Crippen molar-refractivity contribution in [3.63, 3.8) is 0 Å². The van der Waals surface area contributed by atoms with Crippen molar-refractivity contribution in [2.75, 3.05) is 5.73 Å². The molecule has 124 valence electrons. The van der Waals surface area contributed by atoms with E-state index >= 15 is 0 Å². The number of rotatable bonds is 1. The fourth-order valence-corrected chi connectivity index (χ4v) is 2.35. The molecule has 1 aromatic heterocycles. The Morgan fingerprint density at radius 3 is 2.58 bits per heavy atom. The first-order chi connectivity index (χ1) is 11.3. The first kappa shape index (κ1) is 18.0. The molecule has 0 aliphatic carbocycles. The maximum absolute atomic E-state index is 13.2. The Bertz CT molecular complexity index is 925. The number of aromatic carboxylic acids is 1. The maximum atomic E-state index is 13.2. The van der Waals surface area contributed by atoms with E-state index in [0.29, 0.717) is 9.86 Å². The smallest absolute Gasteiger partial charge is 0.337 e. The van der Waals surface area contributed by atoms with E-state index in [4.69, 9.17) is 22.4 Å². The number of carboxylic acids is 1. The SMILES string of the molecule is Fc1cc(Br)cc2cnc(Cl)nc12.Nc1c(F)cccc1C(=O)O. The number of halogens is 4. The number of fused-ring (bicyclic) bond motifs is 1. The van der Waals surface area contributed by atoms with Crippen LogP contribution >= 0.6 is 27.5 Å². The van der Waals surface area contributed by atoms with E-state index in [1.807, 2.05) is 0 Å². The van der Waals surface area contributed by atoms with Gasteiger partial charge in [0.15, 0.2) is 5.82 Å². The van der Waals surface area contributed by atoms with Crippen molar-refractivity contribution in [2.24, 2.45) is 0 Å². The molecule has 0 saturated carbocycles. The average Bonchev–Trinajstić information content (AvgIpc) is 2.51. The van der Waals surface area contributed by atoms with Gasteiger partial charge < -0.3 is 10.8 Å². The first-order valence-electron chi connectivity index (χ1n) is 6.34. The van der Waals surface area contributed by atoms with Crippen LogP contribution in [0.25, 0.3) is 10.9 Å². The molecule has 3 aromatic rings. The van der Waals surface area contributed by atoms with Gasteiger partial charge in [-0.05, 0) is 35.9 Å². The standard InChI is InChI=1S/C8H3BrClFN2.C7H6FNO2/c9-5-1-4-3-12-8(10)13-7(4)6(11)2-5;8-5-3-1-2-4(6(5)9)7(10)11/h1-3H;1-3H,9H2,(H,10,11). The number of hydrogen-bond donors (Lipinski definition) is 2. The van der Waals surface area contributed by atoms with Gasteiger partial charge in [-0.3, -0.25) is 0 Å². The van der Waals surface area contributed by atoms with Crippen LogP contribution in [0.5, 0.6) is 0 Å². The molecule has 3 rings (SSSR count). The van der Waals surface area contributed by atoms with Gasteiger partial charge in [0.05, 0.1) is 11.3 Å². The van der Waals surface area contributed by atoms with Gasteiger partial charge >= 0.3 is 5.97 Å². The molecule has 1 heterocycles. The second kappa shape index (κ2) is 7.50. The Labute approximate surface area is 148 Å². The van der Waals surface area contributed by atoms with Gasteiger partial charge in [0, 0.05) is 16.1 Å². The lowest BCUT2D eigenvalue weighted by Crippen LogP contribution is -2.03. The number of carbonyl (C=O) groups is 1. The zero-order valence-electron chi connectivity index (χ0n) is 11.8. The minimum Gasteiger partial charge on any atom is -0.478 e. The van der Waals surface area contributed by atoms with Crippen LogP contribution in [0.4, 0.5) is 14.5 Å². The van der Waals surface area contributed by atoms with Crippen LogP contribution in [0.1, 0.15) is 10.4 Å². The molecular formula is C15H9BrClF2N3O2. The molecular weight excluding hydrogens is 408 g/mol. The van der Waals surface area contributed by atoms with Crippen LogP contribution in [-0.4, -0.2) is 21.0 Å². The molecule has 0 aliphatic heterocycles. The lowest BCUT2D eigenvalue weighted by Gasteiger charge is -1.99. The topological polar surface area (TPSA) is 89.1 Å². The highest BCUT2D eigenvalue weighted by Gasteiger charge is 2.09. The molecule has 3 N–H and O–H groups in total. The number of carboxylic acid groups (broad SMARTS) is 1. The van der Waals surface area contributed by atoms with Crippen molar-refractivity contribution in [3.05, 3.63) is 63.5 Å². The summed E-state index contributed by atoms with van der Waals surface area (Å²) in [6.07, 6.45) is 1.48. The normalized spacial score (nSPS) is 10.2. The van der Waals surface area contributed by atoms with E-state index in [1.165, 1.54) is 24.4 Å². The van der Waals surface area contributed by atoms with Gasteiger partial charge in [-0.25, -0.2) is 23.5 Å². The quantitative estimate of drug-likeness (QED) is 0.456. The second-order valence-electron chi connectivity index (χ2n) is 4.47. The summed E-state index contributed by atoms with van der Waals surface area (Å²) in [7, 11) is 0. The third-order valence-corrected chi connectivity index (χ3v) is 3.50. The van der Waals surface area contributed by atoms with E-state index in [0.717, 1.165) is 6.07 Å². The van der Waals surface area contributed by atoms with Gasteiger partial charge in [-0.2, -0.15) is 0 Å². The second-order valence-corrected chi connectivity index (χ2v) is 5.72. The summed E-state index contributed by atoms with van der Waals surface area (Å²) in [6, 6.07) is 6.73. The van der Waals surface area contributed by atoms with E-state index in [9.17, 15) is 13.6 Å². The summed E-state index contributed by atoms with van der Waals surface area (Å²) >= 11 is 8.70. The van der Waals surface area contributed by atoms with Gasteiger partial charge in [-0.15, -0.1) is 0 Å². The number of nitrogens with two attached hydrogens (primary N) is 1. The average molecular weight is 417 g/mol. The molecule has 0 radical (unpaired) electrons. The summed E-state index contributed by atoms with van der Waals surface area (Å²) in [4.78, 5) is 17.9. The minimum atomic E-state index is -1.22. The van der Waals surface area contributed by atoms with Crippen molar-refractivity contribution in [3.8, 4) is 0 Å².